The molecule has 3 aromatic rings. The number of hydrogen-bond acceptors (Lipinski definition) is 6. The number of benzene rings is 2. The molecule has 0 radical (unpaired) electrons. The molecule has 1 amide bonds. The zero-order chi connectivity index (χ0) is 33.6. The van der Waals surface area contributed by atoms with Gasteiger partial charge in [-0.15, -0.1) is 0 Å². The van der Waals surface area contributed by atoms with E-state index in [9.17, 15) is 9.59 Å². The van der Waals surface area contributed by atoms with Gasteiger partial charge in [0.2, 0.25) is 0 Å². The van der Waals surface area contributed by atoms with E-state index >= 15 is 4.39 Å². The molecule has 3 N–H and O–H groups in total. The number of aromatic amines is 1. The molecular weight excluding hydrogens is 595 g/mol. The Bertz CT molecular complexity index is 1740. The zero-order valence-corrected chi connectivity index (χ0v) is 28.7. The van der Waals surface area contributed by atoms with Crippen LogP contribution in [0.5, 0.6) is 0 Å². The molecule has 1 aromatic heterocycles. The van der Waals surface area contributed by atoms with Gasteiger partial charge in [-0.1, -0.05) is 12.1 Å². The maximum absolute atomic E-state index is 17.2. The van der Waals surface area contributed by atoms with E-state index < -0.39 is 11.7 Å². The summed E-state index contributed by atoms with van der Waals surface area (Å²) in [6.45, 7) is 16.3. The van der Waals surface area contributed by atoms with Crippen LogP contribution in [0, 0.1) is 26.6 Å². The van der Waals surface area contributed by atoms with Gasteiger partial charge in [0.15, 0.2) is 0 Å². The number of aromatic nitrogens is 1. The highest BCUT2D eigenvalue weighted by atomic mass is 19.1. The number of ether oxygens (including phenoxy) is 2. The number of primary amides is 1. The highest BCUT2D eigenvalue weighted by Crippen LogP contribution is 2.50. The third-order valence-electron chi connectivity index (χ3n) is 10.8. The van der Waals surface area contributed by atoms with Crippen molar-refractivity contribution >= 4 is 17.3 Å². The molecule has 0 aliphatic carbocycles. The van der Waals surface area contributed by atoms with Crippen LogP contribution >= 0.6 is 0 Å². The predicted molar refractivity (Wildman–Crippen MR) is 186 cm³/mol. The number of nitrogens with one attached hydrogen (secondary N) is 1. The predicted octanol–water partition coefficient (Wildman–Crippen LogP) is 6.08. The third kappa shape index (κ3) is 5.86. The summed E-state index contributed by atoms with van der Waals surface area (Å²) < 4.78 is 28.7. The lowest BCUT2D eigenvalue weighted by Crippen LogP contribution is -2.41. The third-order valence-corrected chi connectivity index (χ3v) is 10.8. The van der Waals surface area contributed by atoms with E-state index in [4.69, 9.17) is 15.2 Å². The van der Waals surface area contributed by atoms with Gasteiger partial charge in [-0.2, -0.15) is 0 Å². The molecule has 8 nitrogen and oxygen atoms in total. The van der Waals surface area contributed by atoms with Gasteiger partial charge < -0.3 is 30.0 Å². The maximum Gasteiger partial charge on any atom is 0.252 e. The summed E-state index contributed by atoms with van der Waals surface area (Å²) in [7, 11) is 0. The lowest BCUT2D eigenvalue weighted by atomic mass is 9.75. The van der Waals surface area contributed by atoms with Crippen molar-refractivity contribution in [2.75, 3.05) is 49.3 Å². The van der Waals surface area contributed by atoms with E-state index in [0.29, 0.717) is 47.6 Å². The fourth-order valence-electron chi connectivity index (χ4n) is 8.43. The molecule has 0 saturated carbocycles. The standard InChI is InChI=1S/C38H49FN4O4/c1-7-42(27-10-14-46-15-11-27)35-25(6)32(36(40)44)34(39)33(29(35)20-28-23(4)18-24(5)41-37(28)45)26-8-9-30-31(19-26)43(22(2)3)21-38(30)12-16-47-17-13-38/h8-9,18-19,22,27H,7,10-17,20-21H2,1-6H3,(H2,40,44)(H,41,45). The smallest absolute Gasteiger partial charge is 0.252 e. The zero-order valence-electron chi connectivity index (χ0n) is 28.7. The molecule has 47 heavy (non-hydrogen) atoms. The first-order valence-corrected chi connectivity index (χ1v) is 17.1. The van der Waals surface area contributed by atoms with Gasteiger partial charge in [-0.25, -0.2) is 4.39 Å². The molecule has 3 aliphatic rings. The van der Waals surface area contributed by atoms with Crippen LogP contribution in [-0.2, 0) is 21.3 Å². The second-order valence-electron chi connectivity index (χ2n) is 14.0. The molecule has 3 aliphatic heterocycles. The van der Waals surface area contributed by atoms with Gasteiger partial charge in [-0.3, -0.25) is 9.59 Å². The Hall–Kier alpha value is -3.69. The Kier molecular flexibility index (Phi) is 9.24. The van der Waals surface area contributed by atoms with Crippen LogP contribution in [0.2, 0.25) is 0 Å². The number of halogens is 1. The van der Waals surface area contributed by atoms with Gasteiger partial charge in [0, 0.05) is 91.6 Å². The first-order chi connectivity index (χ1) is 22.5. The Balaban J connectivity index is 1.65. The fourth-order valence-corrected chi connectivity index (χ4v) is 8.43. The number of anilines is 2. The molecule has 0 bridgehead atoms. The van der Waals surface area contributed by atoms with Crippen LogP contribution < -0.4 is 21.1 Å². The Morgan fingerprint density at radius 1 is 1.09 bits per heavy atom. The van der Waals surface area contributed by atoms with Crippen molar-refractivity contribution in [1.29, 1.82) is 0 Å². The van der Waals surface area contributed by atoms with Crippen molar-refractivity contribution in [1.82, 2.24) is 4.98 Å². The summed E-state index contributed by atoms with van der Waals surface area (Å²) in [5.74, 6) is -1.43. The van der Waals surface area contributed by atoms with Crippen molar-refractivity contribution < 1.29 is 18.7 Å². The van der Waals surface area contributed by atoms with Crippen molar-refractivity contribution in [3.05, 3.63) is 79.5 Å². The minimum atomic E-state index is -0.799. The largest absolute Gasteiger partial charge is 0.381 e. The number of amides is 1. The Labute approximate surface area is 277 Å². The van der Waals surface area contributed by atoms with Crippen LogP contribution in [0.25, 0.3) is 11.1 Å². The average molecular weight is 645 g/mol. The summed E-state index contributed by atoms with van der Waals surface area (Å²) in [6.07, 6.45) is 3.70. The van der Waals surface area contributed by atoms with Gasteiger partial charge in [0.05, 0.1) is 5.56 Å². The Morgan fingerprint density at radius 2 is 1.77 bits per heavy atom. The molecule has 2 aromatic carbocycles. The fraction of sp³-hybridized carbons (Fsp3) is 0.526. The number of carbonyl (C=O) groups excluding carboxylic acids is 1. The number of fused-ring (bicyclic) bond motifs is 2. The topological polar surface area (TPSA) is 101 Å². The molecular formula is C38H49FN4O4. The highest BCUT2D eigenvalue weighted by molar-refractivity contribution is 5.99. The molecule has 2 saturated heterocycles. The molecule has 0 atom stereocenters. The van der Waals surface area contributed by atoms with Crippen molar-refractivity contribution in [3.63, 3.8) is 0 Å². The summed E-state index contributed by atoms with van der Waals surface area (Å²) in [5, 5.41) is 0. The number of H-pyrrole nitrogens is 1. The first-order valence-electron chi connectivity index (χ1n) is 17.1. The average Bonchev–Trinajstić information content (AvgIpc) is 3.34. The molecule has 4 heterocycles. The lowest BCUT2D eigenvalue weighted by Gasteiger charge is -2.39. The van der Waals surface area contributed by atoms with Crippen molar-refractivity contribution in [2.24, 2.45) is 5.73 Å². The summed E-state index contributed by atoms with van der Waals surface area (Å²) in [4.78, 5) is 34.2. The number of hydrogen-bond donors (Lipinski definition) is 2. The van der Waals surface area contributed by atoms with Crippen LogP contribution in [0.15, 0.2) is 29.1 Å². The van der Waals surface area contributed by atoms with Crippen molar-refractivity contribution in [2.45, 2.75) is 91.1 Å². The van der Waals surface area contributed by atoms with Crippen LogP contribution in [0.3, 0.4) is 0 Å². The number of aryl methyl sites for hydroxylation is 2. The normalized spacial score (nSPS) is 17.8. The summed E-state index contributed by atoms with van der Waals surface area (Å²) in [5.41, 5.74) is 13.2. The lowest BCUT2D eigenvalue weighted by molar-refractivity contribution is 0.0550. The molecule has 9 heteroatoms. The van der Waals surface area contributed by atoms with E-state index in [0.717, 1.165) is 68.1 Å². The van der Waals surface area contributed by atoms with E-state index in [2.05, 4.69) is 47.7 Å². The summed E-state index contributed by atoms with van der Waals surface area (Å²) in [6, 6.07) is 8.59. The Morgan fingerprint density at radius 3 is 2.38 bits per heavy atom. The minimum absolute atomic E-state index is 0.0110. The van der Waals surface area contributed by atoms with Gasteiger partial charge in [0.25, 0.3) is 11.5 Å². The van der Waals surface area contributed by atoms with Gasteiger partial charge >= 0.3 is 0 Å². The van der Waals surface area contributed by atoms with E-state index in [-0.39, 0.29) is 35.0 Å². The van der Waals surface area contributed by atoms with E-state index in [1.54, 1.807) is 6.92 Å². The SMILES string of the molecule is CCN(c1c(C)c(C(N)=O)c(F)c(-c2ccc3c(c2)N(C(C)C)CC32CCOCC2)c1Cc1c(C)cc(C)[nH]c1=O)C1CCOCC1. The number of rotatable bonds is 8. The minimum Gasteiger partial charge on any atom is -0.381 e. The van der Waals surface area contributed by atoms with Crippen LogP contribution in [-0.4, -0.2) is 62.5 Å². The van der Waals surface area contributed by atoms with Gasteiger partial charge in [-0.05, 0) is 107 Å². The molecule has 0 unspecified atom stereocenters. The number of nitrogens with zero attached hydrogens (tertiary/aromatic N) is 2. The maximum atomic E-state index is 17.2. The van der Waals surface area contributed by atoms with Crippen LogP contribution in [0.1, 0.15) is 90.3 Å². The number of pyridine rings is 1. The second kappa shape index (κ2) is 13.1. The summed E-state index contributed by atoms with van der Waals surface area (Å²) >= 11 is 0. The second-order valence-corrected chi connectivity index (χ2v) is 14.0. The first kappa shape index (κ1) is 33.2. The number of carbonyl (C=O) groups is 1. The van der Waals surface area contributed by atoms with E-state index in [1.807, 2.05) is 26.0 Å². The molecule has 2 fully saturated rings. The highest BCUT2D eigenvalue weighted by Gasteiger charge is 2.44. The van der Waals surface area contributed by atoms with E-state index in [1.165, 1.54) is 5.56 Å². The number of nitrogens with two attached hydrogens (primary N) is 1. The molecule has 6 rings (SSSR count). The monoisotopic (exact) mass is 644 g/mol. The van der Waals surface area contributed by atoms with Crippen LogP contribution in [0.4, 0.5) is 15.8 Å². The molecule has 252 valence electrons. The molecule has 1 spiro atoms. The quantitative estimate of drug-likeness (QED) is 0.309. The van der Waals surface area contributed by atoms with Gasteiger partial charge in [0.1, 0.15) is 5.82 Å². The van der Waals surface area contributed by atoms with Crippen molar-refractivity contribution in [3.8, 4) is 11.1 Å².